The van der Waals surface area contributed by atoms with Gasteiger partial charge in [-0.25, -0.2) is 0 Å². The van der Waals surface area contributed by atoms with Crippen molar-refractivity contribution in [2.75, 3.05) is 13.2 Å². The third-order valence-corrected chi connectivity index (χ3v) is 4.86. The monoisotopic (exact) mass is 368 g/mol. The summed E-state index contributed by atoms with van der Waals surface area (Å²) in [7, 11) is 0. The zero-order valence-electron chi connectivity index (χ0n) is 14.5. The van der Waals surface area contributed by atoms with Crippen molar-refractivity contribution in [1.82, 2.24) is 4.90 Å². The standard InChI is InChI=1S/C18H22F2N2O4/c1-10(23)22-8-13(6-14(22)17(21)24)12-4-5-15(26-18(19)20)16(7-12)25-9-11-2-3-11/h4-5,7,11,13-14,18H,2-3,6,8-9H2,1H3,(H2,21,24)/t13?,14-/m1/s1. The highest BCUT2D eigenvalue weighted by Gasteiger charge is 2.38. The Morgan fingerprint density at radius 1 is 1.31 bits per heavy atom. The van der Waals surface area contributed by atoms with Crippen LogP contribution in [0.3, 0.4) is 0 Å². The minimum atomic E-state index is -2.94. The molecule has 1 saturated heterocycles. The molecule has 2 aliphatic rings. The van der Waals surface area contributed by atoms with E-state index in [0.29, 0.717) is 25.5 Å². The van der Waals surface area contributed by atoms with Crippen molar-refractivity contribution in [2.24, 2.45) is 11.7 Å². The Morgan fingerprint density at radius 3 is 2.58 bits per heavy atom. The minimum Gasteiger partial charge on any atom is -0.489 e. The number of hydrogen-bond donors (Lipinski definition) is 1. The van der Waals surface area contributed by atoms with Crippen molar-refractivity contribution in [2.45, 2.75) is 44.8 Å². The quantitative estimate of drug-likeness (QED) is 0.800. The van der Waals surface area contributed by atoms with Crippen LogP contribution in [0.1, 0.15) is 37.7 Å². The molecule has 26 heavy (non-hydrogen) atoms. The third-order valence-electron chi connectivity index (χ3n) is 4.86. The SMILES string of the molecule is CC(=O)N1CC(c2ccc(OC(F)F)c(OCC3CC3)c2)C[C@@H]1C(N)=O. The maximum absolute atomic E-state index is 12.6. The predicted octanol–water partition coefficient (Wildman–Crippen LogP) is 2.27. The van der Waals surface area contributed by atoms with Crippen molar-refractivity contribution < 1.29 is 27.8 Å². The van der Waals surface area contributed by atoms with Crippen LogP contribution in [0.25, 0.3) is 0 Å². The summed E-state index contributed by atoms with van der Waals surface area (Å²) in [5.74, 6) is -0.203. The van der Waals surface area contributed by atoms with Gasteiger partial charge in [0.25, 0.3) is 0 Å². The molecule has 3 rings (SSSR count). The number of likely N-dealkylation sites (tertiary alicyclic amines) is 1. The highest BCUT2D eigenvalue weighted by Crippen LogP contribution is 2.38. The van der Waals surface area contributed by atoms with E-state index in [1.165, 1.54) is 17.9 Å². The van der Waals surface area contributed by atoms with Crippen molar-refractivity contribution >= 4 is 11.8 Å². The number of hydrogen-bond acceptors (Lipinski definition) is 4. The molecule has 0 radical (unpaired) electrons. The molecule has 0 spiro atoms. The summed E-state index contributed by atoms with van der Waals surface area (Å²) in [6.07, 6.45) is 2.54. The van der Waals surface area contributed by atoms with Gasteiger partial charge in [-0.3, -0.25) is 9.59 Å². The summed E-state index contributed by atoms with van der Waals surface area (Å²) in [4.78, 5) is 24.8. The molecule has 1 aliphatic heterocycles. The molecule has 2 atom stereocenters. The fourth-order valence-electron chi connectivity index (χ4n) is 3.27. The molecule has 2 amide bonds. The Hall–Kier alpha value is -2.38. The molecule has 0 bridgehead atoms. The van der Waals surface area contributed by atoms with Crippen LogP contribution in [0, 0.1) is 5.92 Å². The second-order valence-corrected chi connectivity index (χ2v) is 6.86. The molecule has 2 fully saturated rings. The van der Waals surface area contributed by atoms with Crippen LogP contribution < -0.4 is 15.2 Å². The van der Waals surface area contributed by atoms with E-state index in [0.717, 1.165) is 18.4 Å². The minimum absolute atomic E-state index is 0.0164. The van der Waals surface area contributed by atoms with Gasteiger partial charge in [-0.05, 0) is 42.9 Å². The first-order valence-corrected chi connectivity index (χ1v) is 8.63. The zero-order chi connectivity index (χ0) is 18.8. The molecule has 8 heteroatoms. The zero-order valence-corrected chi connectivity index (χ0v) is 14.5. The average Bonchev–Trinajstić information content (AvgIpc) is 3.28. The van der Waals surface area contributed by atoms with Crippen LogP contribution >= 0.6 is 0 Å². The summed E-state index contributed by atoms with van der Waals surface area (Å²) < 4.78 is 35.5. The lowest BCUT2D eigenvalue weighted by Crippen LogP contribution is -2.42. The van der Waals surface area contributed by atoms with Crippen molar-refractivity contribution in [3.8, 4) is 11.5 Å². The second kappa shape index (κ2) is 7.47. The topological polar surface area (TPSA) is 81.9 Å². The van der Waals surface area contributed by atoms with Gasteiger partial charge in [0.05, 0.1) is 6.61 Å². The Balaban J connectivity index is 1.81. The van der Waals surface area contributed by atoms with Crippen LogP contribution in [-0.4, -0.2) is 42.5 Å². The molecule has 6 nitrogen and oxygen atoms in total. The number of halogens is 2. The highest BCUT2D eigenvalue weighted by molar-refractivity contribution is 5.86. The lowest BCUT2D eigenvalue weighted by atomic mass is 9.96. The van der Waals surface area contributed by atoms with Gasteiger partial charge in [0.1, 0.15) is 6.04 Å². The van der Waals surface area contributed by atoms with Crippen LogP contribution in [0.15, 0.2) is 18.2 Å². The fourth-order valence-corrected chi connectivity index (χ4v) is 3.27. The number of ether oxygens (including phenoxy) is 2. The molecular formula is C18H22F2N2O4. The summed E-state index contributed by atoms with van der Waals surface area (Å²) in [6, 6.07) is 4.10. The number of carbonyl (C=O) groups excluding carboxylic acids is 2. The lowest BCUT2D eigenvalue weighted by molar-refractivity contribution is -0.135. The van der Waals surface area contributed by atoms with Crippen LogP contribution in [0.4, 0.5) is 8.78 Å². The van der Waals surface area contributed by atoms with E-state index in [2.05, 4.69) is 4.74 Å². The first-order chi connectivity index (χ1) is 12.3. The molecule has 1 heterocycles. The van der Waals surface area contributed by atoms with E-state index in [9.17, 15) is 18.4 Å². The number of carbonyl (C=O) groups is 2. The lowest BCUT2D eigenvalue weighted by Gasteiger charge is -2.20. The largest absolute Gasteiger partial charge is 0.489 e. The van der Waals surface area contributed by atoms with Gasteiger partial charge in [-0.15, -0.1) is 0 Å². The van der Waals surface area contributed by atoms with E-state index in [-0.39, 0.29) is 23.3 Å². The first-order valence-electron chi connectivity index (χ1n) is 8.63. The maximum Gasteiger partial charge on any atom is 0.387 e. The van der Waals surface area contributed by atoms with Gasteiger partial charge in [0, 0.05) is 19.4 Å². The van der Waals surface area contributed by atoms with Crippen molar-refractivity contribution in [3.63, 3.8) is 0 Å². The summed E-state index contributed by atoms with van der Waals surface area (Å²) >= 11 is 0. The molecule has 1 saturated carbocycles. The second-order valence-electron chi connectivity index (χ2n) is 6.86. The molecule has 1 aliphatic carbocycles. The highest BCUT2D eigenvalue weighted by atomic mass is 19.3. The van der Waals surface area contributed by atoms with Crippen LogP contribution in [0.2, 0.25) is 0 Å². The first kappa shape index (κ1) is 18.4. The number of rotatable bonds is 7. The third kappa shape index (κ3) is 4.23. The Bertz CT molecular complexity index is 672. The van der Waals surface area contributed by atoms with E-state index in [4.69, 9.17) is 10.5 Å². The van der Waals surface area contributed by atoms with E-state index < -0.39 is 18.6 Å². The van der Waals surface area contributed by atoms with Gasteiger partial charge in [-0.2, -0.15) is 8.78 Å². The van der Waals surface area contributed by atoms with Gasteiger partial charge in [0.15, 0.2) is 11.5 Å². The number of alkyl halides is 2. The molecule has 142 valence electrons. The Morgan fingerprint density at radius 2 is 2.04 bits per heavy atom. The Kier molecular flexibility index (Phi) is 5.29. The number of nitrogens with zero attached hydrogens (tertiary/aromatic N) is 1. The van der Waals surface area contributed by atoms with E-state index in [1.807, 2.05) is 0 Å². The average molecular weight is 368 g/mol. The smallest absolute Gasteiger partial charge is 0.387 e. The van der Waals surface area contributed by atoms with Crippen LogP contribution in [0.5, 0.6) is 11.5 Å². The number of nitrogens with two attached hydrogens (primary N) is 1. The fraction of sp³-hybridized carbons (Fsp3) is 0.556. The number of primary amides is 1. The summed E-state index contributed by atoms with van der Waals surface area (Å²) in [5.41, 5.74) is 6.20. The number of benzene rings is 1. The normalized spacial score (nSPS) is 22.5. The van der Waals surface area contributed by atoms with Gasteiger partial charge in [-0.1, -0.05) is 6.07 Å². The maximum atomic E-state index is 12.6. The molecule has 1 aromatic rings. The molecular weight excluding hydrogens is 346 g/mol. The van der Waals surface area contributed by atoms with Crippen molar-refractivity contribution in [3.05, 3.63) is 23.8 Å². The van der Waals surface area contributed by atoms with Gasteiger partial charge in [0.2, 0.25) is 11.8 Å². The summed E-state index contributed by atoms with van der Waals surface area (Å²) in [5, 5.41) is 0. The molecule has 2 N–H and O–H groups in total. The predicted molar refractivity (Wildman–Crippen MR) is 89.0 cm³/mol. The van der Waals surface area contributed by atoms with Crippen LogP contribution in [-0.2, 0) is 9.59 Å². The van der Waals surface area contributed by atoms with Crippen molar-refractivity contribution in [1.29, 1.82) is 0 Å². The van der Waals surface area contributed by atoms with Gasteiger partial charge >= 0.3 is 6.61 Å². The number of amides is 2. The summed E-state index contributed by atoms with van der Waals surface area (Å²) in [6.45, 7) is -0.748. The molecule has 0 aromatic heterocycles. The molecule has 1 unspecified atom stereocenters. The van der Waals surface area contributed by atoms with Gasteiger partial charge < -0.3 is 20.1 Å². The molecule has 1 aromatic carbocycles. The van der Waals surface area contributed by atoms with E-state index in [1.54, 1.807) is 12.1 Å². The Labute approximate surface area is 150 Å². The van der Waals surface area contributed by atoms with E-state index >= 15 is 0 Å².